The van der Waals surface area contributed by atoms with Crippen molar-refractivity contribution >= 4 is 5.78 Å². The van der Waals surface area contributed by atoms with Crippen molar-refractivity contribution in [3.05, 3.63) is 23.8 Å². The molecule has 0 bridgehead atoms. The third kappa shape index (κ3) is 2.53. The molecule has 2 heterocycles. The lowest BCUT2D eigenvalue weighted by Gasteiger charge is -2.27. The van der Waals surface area contributed by atoms with Gasteiger partial charge in [-0.25, -0.2) is 0 Å². The fourth-order valence-corrected chi connectivity index (χ4v) is 3.43. The van der Waals surface area contributed by atoms with E-state index in [0.29, 0.717) is 36.7 Å². The SMILES string of the molecule is CC1(C)CC(C(=O)c2cccc3c2OCCO3)C(C)(C)O1. The third-order valence-corrected chi connectivity index (χ3v) is 4.22. The Hall–Kier alpha value is -1.55. The molecule has 1 unspecified atom stereocenters. The minimum Gasteiger partial charge on any atom is -0.486 e. The van der Waals surface area contributed by atoms with E-state index < -0.39 is 5.60 Å². The summed E-state index contributed by atoms with van der Waals surface area (Å²) >= 11 is 0. The van der Waals surface area contributed by atoms with E-state index >= 15 is 0 Å². The summed E-state index contributed by atoms with van der Waals surface area (Å²) in [5.74, 6) is 1.13. The fourth-order valence-electron chi connectivity index (χ4n) is 3.43. The van der Waals surface area contributed by atoms with Crippen LogP contribution in [0.25, 0.3) is 0 Å². The van der Waals surface area contributed by atoms with E-state index in [-0.39, 0.29) is 17.3 Å². The van der Waals surface area contributed by atoms with E-state index in [1.54, 1.807) is 0 Å². The Morgan fingerprint density at radius 2 is 1.86 bits per heavy atom. The standard InChI is InChI=1S/C17H22O4/c1-16(2)10-12(17(3,4)21-16)14(18)11-6-5-7-13-15(11)20-9-8-19-13/h5-7,12H,8-10H2,1-4H3. The number of hydrogen-bond donors (Lipinski definition) is 0. The zero-order chi connectivity index (χ0) is 15.3. The smallest absolute Gasteiger partial charge is 0.172 e. The quantitative estimate of drug-likeness (QED) is 0.784. The number of benzene rings is 1. The molecule has 21 heavy (non-hydrogen) atoms. The van der Waals surface area contributed by atoms with Crippen LogP contribution in [0.15, 0.2) is 18.2 Å². The molecule has 4 nitrogen and oxygen atoms in total. The van der Waals surface area contributed by atoms with Crippen LogP contribution in [-0.2, 0) is 4.74 Å². The summed E-state index contributed by atoms with van der Waals surface area (Å²) in [6.07, 6.45) is 0.712. The number of rotatable bonds is 2. The van der Waals surface area contributed by atoms with E-state index in [2.05, 4.69) is 0 Å². The van der Waals surface area contributed by atoms with Gasteiger partial charge in [-0.05, 0) is 46.2 Å². The molecular formula is C17H22O4. The molecule has 0 saturated carbocycles. The van der Waals surface area contributed by atoms with Gasteiger partial charge in [0, 0.05) is 0 Å². The Kier molecular flexibility index (Phi) is 3.24. The third-order valence-electron chi connectivity index (χ3n) is 4.22. The molecule has 0 spiro atoms. The molecule has 0 radical (unpaired) electrons. The average molecular weight is 290 g/mol. The van der Waals surface area contributed by atoms with Crippen molar-refractivity contribution in [2.75, 3.05) is 13.2 Å². The molecule has 1 aromatic rings. The van der Waals surface area contributed by atoms with Crippen LogP contribution in [0.3, 0.4) is 0 Å². The molecule has 0 aliphatic carbocycles. The largest absolute Gasteiger partial charge is 0.486 e. The minimum absolute atomic E-state index is 0.0768. The summed E-state index contributed by atoms with van der Waals surface area (Å²) in [6, 6.07) is 5.50. The normalized spacial score (nSPS) is 25.6. The predicted molar refractivity (Wildman–Crippen MR) is 79.1 cm³/mol. The highest BCUT2D eigenvalue weighted by atomic mass is 16.6. The van der Waals surface area contributed by atoms with Crippen molar-refractivity contribution in [3.63, 3.8) is 0 Å². The van der Waals surface area contributed by atoms with Crippen LogP contribution in [0.5, 0.6) is 11.5 Å². The van der Waals surface area contributed by atoms with Gasteiger partial charge in [0.1, 0.15) is 13.2 Å². The summed E-state index contributed by atoms with van der Waals surface area (Å²) in [4.78, 5) is 13.0. The van der Waals surface area contributed by atoms with Gasteiger partial charge in [-0.3, -0.25) is 4.79 Å². The van der Waals surface area contributed by atoms with Gasteiger partial charge in [-0.1, -0.05) is 6.07 Å². The van der Waals surface area contributed by atoms with Crippen molar-refractivity contribution in [1.82, 2.24) is 0 Å². The molecule has 1 saturated heterocycles. The molecule has 1 aromatic carbocycles. The first kappa shape index (κ1) is 14.4. The molecule has 2 aliphatic heterocycles. The number of carbonyl (C=O) groups is 1. The molecule has 0 aromatic heterocycles. The maximum atomic E-state index is 13.0. The molecule has 1 atom stereocenters. The molecule has 0 N–H and O–H groups in total. The van der Waals surface area contributed by atoms with E-state index in [4.69, 9.17) is 14.2 Å². The van der Waals surface area contributed by atoms with Crippen LogP contribution in [0.2, 0.25) is 0 Å². The van der Waals surface area contributed by atoms with Crippen LogP contribution in [0.4, 0.5) is 0 Å². The monoisotopic (exact) mass is 290 g/mol. The van der Waals surface area contributed by atoms with Gasteiger partial charge in [0.15, 0.2) is 17.3 Å². The Morgan fingerprint density at radius 1 is 1.14 bits per heavy atom. The zero-order valence-corrected chi connectivity index (χ0v) is 13.1. The first-order valence-electron chi connectivity index (χ1n) is 7.43. The molecule has 1 fully saturated rings. The lowest BCUT2D eigenvalue weighted by atomic mass is 9.81. The molecule has 4 heteroatoms. The molecular weight excluding hydrogens is 268 g/mol. The number of carbonyl (C=O) groups excluding carboxylic acids is 1. The molecule has 0 amide bonds. The Bertz CT molecular complexity index is 574. The van der Waals surface area contributed by atoms with Gasteiger partial charge < -0.3 is 14.2 Å². The van der Waals surface area contributed by atoms with Crippen molar-refractivity contribution in [1.29, 1.82) is 0 Å². The Labute approximate surface area is 125 Å². The summed E-state index contributed by atoms with van der Waals surface area (Å²) in [5.41, 5.74) is -0.152. The van der Waals surface area contributed by atoms with E-state index in [1.165, 1.54) is 0 Å². The second kappa shape index (κ2) is 4.73. The second-order valence-electron chi connectivity index (χ2n) is 6.92. The lowest BCUT2D eigenvalue weighted by Crippen LogP contribution is -2.34. The molecule has 114 valence electrons. The maximum Gasteiger partial charge on any atom is 0.172 e. The van der Waals surface area contributed by atoms with Crippen molar-refractivity contribution < 1.29 is 19.0 Å². The van der Waals surface area contributed by atoms with Gasteiger partial charge in [-0.15, -0.1) is 0 Å². The van der Waals surface area contributed by atoms with Crippen LogP contribution in [0.1, 0.15) is 44.5 Å². The number of ether oxygens (including phenoxy) is 3. The zero-order valence-electron chi connectivity index (χ0n) is 13.1. The average Bonchev–Trinajstić information content (AvgIpc) is 2.65. The molecule has 2 aliphatic rings. The minimum atomic E-state index is -0.473. The first-order chi connectivity index (χ1) is 9.80. The second-order valence-corrected chi connectivity index (χ2v) is 6.92. The summed E-state index contributed by atoms with van der Waals surface area (Å²) in [7, 11) is 0. The van der Waals surface area contributed by atoms with E-state index in [1.807, 2.05) is 45.9 Å². The number of ketones is 1. The van der Waals surface area contributed by atoms with Crippen LogP contribution in [-0.4, -0.2) is 30.2 Å². The van der Waals surface area contributed by atoms with Crippen LogP contribution < -0.4 is 9.47 Å². The topological polar surface area (TPSA) is 44.8 Å². The Morgan fingerprint density at radius 3 is 2.52 bits per heavy atom. The first-order valence-corrected chi connectivity index (χ1v) is 7.43. The summed E-state index contributed by atoms with van der Waals surface area (Å²) in [6.45, 7) is 9.03. The summed E-state index contributed by atoms with van der Waals surface area (Å²) in [5, 5.41) is 0. The van der Waals surface area contributed by atoms with E-state index in [0.717, 1.165) is 0 Å². The highest BCUT2D eigenvalue weighted by Gasteiger charge is 2.49. The van der Waals surface area contributed by atoms with Gasteiger partial charge in [0.05, 0.1) is 22.7 Å². The fraction of sp³-hybridized carbons (Fsp3) is 0.588. The molecule has 3 rings (SSSR count). The van der Waals surface area contributed by atoms with Gasteiger partial charge in [-0.2, -0.15) is 0 Å². The van der Waals surface area contributed by atoms with Crippen LogP contribution in [0, 0.1) is 5.92 Å². The Balaban J connectivity index is 1.96. The van der Waals surface area contributed by atoms with E-state index in [9.17, 15) is 4.79 Å². The van der Waals surface area contributed by atoms with Gasteiger partial charge >= 0.3 is 0 Å². The van der Waals surface area contributed by atoms with Gasteiger partial charge in [0.2, 0.25) is 0 Å². The number of Topliss-reactive ketones (excluding diaryl/α,β-unsaturated/α-hetero) is 1. The highest BCUT2D eigenvalue weighted by Crippen LogP contribution is 2.45. The predicted octanol–water partition coefficient (Wildman–Crippen LogP) is 3.23. The number of para-hydroxylation sites is 1. The van der Waals surface area contributed by atoms with Crippen molar-refractivity contribution in [2.45, 2.75) is 45.3 Å². The number of fused-ring (bicyclic) bond motifs is 1. The van der Waals surface area contributed by atoms with Crippen molar-refractivity contribution in [3.8, 4) is 11.5 Å². The highest BCUT2D eigenvalue weighted by molar-refractivity contribution is 6.02. The van der Waals surface area contributed by atoms with Crippen molar-refractivity contribution in [2.24, 2.45) is 5.92 Å². The number of hydrogen-bond acceptors (Lipinski definition) is 4. The van der Waals surface area contributed by atoms with Crippen LogP contribution >= 0.6 is 0 Å². The lowest BCUT2D eigenvalue weighted by molar-refractivity contribution is -0.0712. The maximum absolute atomic E-state index is 13.0. The summed E-state index contributed by atoms with van der Waals surface area (Å²) < 4.78 is 17.3. The van der Waals surface area contributed by atoms with Gasteiger partial charge in [0.25, 0.3) is 0 Å².